The predicted molar refractivity (Wildman–Crippen MR) is 63.2 cm³/mol. The van der Waals surface area contributed by atoms with E-state index >= 15 is 0 Å². The molecule has 0 aromatic rings. The number of nitrogens with zero attached hydrogens (tertiary/aromatic N) is 1. The molecule has 0 radical (unpaired) electrons. The maximum absolute atomic E-state index is 12.6. The van der Waals surface area contributed by atoms with Crippen LogP contribution >= 0.6 is 0 Å². The molecule has 0 spiro atoms. The van der Waals surface area contributed by atoms with Crippen LogP contribution in [0, 0.1) is 11.8 Å². The van der Waals surface area contributed by atoms with Crippen molar-refractivity contribution < 1.29 is 9.59 Å². The van der Waals surface area contributed by atoms with Crippen LogP contribution in [-0.4, -0.2) is 34.8 Å². The lowest BCUT2D eigenvalue weighted by atomic mass is 9.88. The highest BCUT2D eigenvalue weighted by atomic mass is 16.2. The van der Waals surface area contributed by atoms with Gasteiger partial charge in [-0.1, -0.05) is 0 Å². The topological polar surface area (TPSA) is 49.4 Å². The summed E-state index contributed by atoms with van der Waals surface area (Å²) in [5.74, 6) is 0.971. The number of hydrogen-bond acceptors (Lipinski definition) is 2. The van der Waals surface area contributed by atoms with Crippen molar-refractivity contribution in [2.75, 3.05) is 6.54 Å². The number of carbonyl (C=O) groups is 2. The Kier molecular flexibility index (Phi) is 2.25. The van der Waals surface area contributed by atoms with Gasteiger partial charge in [-0.25, -0.2) is 0 Å². The van der Waals surface area contributed by atoms with Crippen molar-refractivity contribution in [1.29, 1.82) is 0 Å². The van der Waals surface area contributed by atoms with Gasteiger partial charge in [-0.15, -0.1) is 0 Å². The molecule has 1 saturated heterocycles. The Morgan fingerprint density at radius 3 is 2.41 bits per heavy atom. The fraction of sp³-hybridized carbons (Fsp3) is 0.846. The Labute approximate surface area is 102 Å². The molecular weight excluding hydrogens is 216 g/mol. The van der Waals surface area contributed by atoms with E-state index in [4.69, 9.17) is 0 Å². The second kappa shape index (κ2) is 3.47. The van der Waals surface area contributed by atoms with Crippen molar-refractivity contribution in [3.05, 3.63) is 0 Å². The number of rotatable bonds is 3. The fourth-order valence-electron chi connectivity index (χ4n) is 3.11. The molecular formula is C13H20N2O2. The zero-order chi connectivity index (χ0) is 12.2. The average Bonchev–Trinajstić information content (AvgIpc) is 3.16. The number of nitrogens with one attached hydrogen (secondary N) is 1. The first kappa shape index (κ1) is 11.1. The fourth-order valence-corrected chi connectivity index (χ4v) is 3.11. The Morgan fingerprint density at radius 1 is 1.29 bits per heavy atom. The maximum atomic E-state index is 12.6. The molecule has 0 aromatic heterocycles. The summed E-state index contributed by atoms with van der Waals surface area (Å²) in [4.78, 5) is 26.6. The van der Waals surface area contributed by atoms with Crippen molar-refractivity contribution in [3.8, 4) is 0 Å². The van der Waals surface area contributed by atoms with Crippen molar-refractivity contribution in [2.45, 2.75) is 51.1 Å². The molecule has 94 valence electrons. The van der Waals surface area contributed by atoms with E-state index < -0.39 is 5.54 Å². The molecule has 2 aliphatic carbocycles. The van der Waals surface area contributed by atoms with E-state index in [-0.39, 0.29) is 17.9 Å². The lowest BCUT2D eigenvalue weighted by Crippen LogP contribution is -2.70. The van der Waals surface area contributed by atoms with E-state index in [1.807, 2.05) is 18.7 Å². The molecule has 3 aliphatic rings. The first-order chi connectivity index (χ1) is 8.08. The Hall–Kier alpha value is -1.06. The van der Waals surface area contributed by atoms with Crippen LogP contribution in [0.3, 0.4) is 0 Å². The molecule has 2 amide bonds. The Balaban J connectivity index is 1.89. The molecule has 2 saturated carbocycles. The molecule has 1 heterocycles. The number of hydrogen-bond donors (Lipinski definition) is 1. The summed E-state index contributed by atoms with van der Waals surface area (Å²) in [6.45, 7) is 4.52. The number of likely N-dealkylation sites (N-methyl/N-ethyl adjacent to an activating group) is 1. The largest absolute Gasteiger partial charge is 0.340 e. The molecule has 0 aromatic carbocycles. The summed E-state index contributed by atoms with van der Waals surface area (Å²) in [5, 5.41) is 3.01. The molecule has 3 fully saturated rings. The van der Waals surface area contributed by atoms with Gasteiger partial charge in [0.05, 0.1) is 0 Å². The van der Waals surface area contributed by atoms with Gasteiger partial charge in [-0.05, 0) is 51.4 Å². The highest BCUT2D eigenvalue weighted by molar-refractivity contribution is 6.00. The van der Waals surface area contributed by atoms with Crippen LogP contribution < -0.4 is 5.32 Å². The van der Waals surface area contributed by atoms with E-state index in [1.165, 1.54) is 0 Å². The van der Waals surface area contributed by atoms with Gasteiger partial charge >= 0.3 is 0 Å². The lowest BCUT2D eigenvalue weighted by Gasteiger charge is -2.44. The van der Waals surface area contributed by atoms with E-state index in [9.17, 15) is 9.59 Å². The van der Waals surface area contributed by atoms with Crippen LogP contribution in [0.5, 0.6) is 0 Å². The second-order valence-corrected chi connectivity index (χ2v) is 5.84. The minimum absolute atomic E-state index is 0.0725. The SMILES string of the molecule is CCN1C(=O)C(C)(C2CC2)NC(=O)C1C1CC1. The summed E-state index contributed by atoms with van der Waals surface area (Å²) in [6.07, 6.45) is 4.30. The van der Waals surface area contributed by atoms with Gasteiger partial charge in [0, 0.05) is 6.54 Å². The van der Waals surface area contributed by atoms with Crippen LogP contribution in [0.4, 0.5) is 0 Å². The van der Waals surface area contributed by atoms with Crippen LogP contribution in [0.15, 0.2) is 0 Å². The normalized spacial score (nSPS) is 38.2. The minimum Gasteiger partial charge on any atom is -0.340 e. The van der Waals surface area contributed by atoms with Crippen LogP contribution in [-0.2, 0) is 9.59 Å². The maximum Gasteiger partial charge on any atom is 0.249 e. The highest BCUT2D eigenvalue weighted by Gasteiger charge is 2.57. The zero-order valence-corrected chi connectivity index (χ0v) is 10.5. The van der Waals surface area contributed by atoms with Crippen molar-refractivity contribution in [3.63, 3.8) is 0 Å². The Bertz CT molecular complexity index is 374. The van der Waals surface area contributed by atoms with E-state index in [2.05, 4.69) is 5.32 Å². The van der Waals surface area contributed by atoms with Gasteiger partial charge in [0.15, 0.2) is 0 Å². The van der Waals surface area contributed by atoms with Gasteiger partial charge < -0.3 is 10.2 Å². The molecule has 4 heteroatoms. The van der Waals surface area contributed by atoms with Gasteiger partial charge in [-0.3, -0.25) is 9.59 Å². The summed E-state index contributed by atoms with van der Waals surface area (Å²) in [5.41, 5.74) is -0.627. The van der Waals surface area contributed by atoms with E-state index in [1.54, 1.807) is 0 Å². The molecule has 1 N–H and O–H groups in total. The van der Waals surface area contributed by atoms with Crippen molar-refractivity contribution in [1.82, 2.24) is 10.2 Å². The lowest BCUT2D eigenvalue weighted by molar-refractivity contribution is -0.156. The van der Waals surface area contributed by atoms with Crippen molar-refractivity contribution >= 4 is 11.8 Å². The molecule has 0 bridgehead atoms. The quantitative estimate of drug-likeness (QED) is 0.792. The molecule has 4 nitrogen and oxygen atoms in total. The van der Waals surface area contributed by atoms with E-state index in [0.717, 1.165) is 25.7 Å². The monoisotopic (exact) mass is 236 g/mol. The molecule has 3 rings (SSSR count). The second-order valence-electron chi connectivity index (χ2n) is 5.84. The first-order valence-corrected chi connectivity index (χ1v) is 6.71. The summed E-state index contributed by atoms with van der Waals surface area (Å²) in [6, 6.07) is -0.195. The van der Waals surface area contributed by atoms with Crippen LogP contribution in [0.2, 0.25) is 0 Å². The zero-order valence-electron chi connectivity index (χ0n) is 10.5. The minimum atomic E-state index is -0.627. The summed E-state index contributed by atoms with van der Waals surface area (Å²) >= 11 is 0. The van der Waals surface area contributed by atoms with Crippen LogP contribution in [0.25, 0.3) is 0 Å². The summed E-state index contributed by atoms with van der Waals surface area (Å²) < 4.78 is 0. The first-order valence-electron chi connectivity index (χ1n) is 6.71. The molecule has 17 heavy (non-hydrogen) atoms. The Morgan fingerprint density at radius 2 is 1.94 bits per heavy atom. The van der Waals surface area contributed by atoms with E-state index in [0.29, 0.717) is 18.4 Å². The van der Waals surface area contributed by atoms with Crippen molar-refractivity contribution in [2.24, 2.45) is 11.8 Å². The number of piperazine rings is 1. The van der Waals surface area contributed by atoms with Gasteiger partial charge in [0.2, 0.25) is 11.8 Å². The van der Waals surface area contributed by atoms with Gasteiger partial charge in [0.1, 0.15) is 11.6 Å². The molecule has 2 atom stereocenters. The average molecular weight is 236 g/mol. The smallest absolute Gasteiger partial charge is 0.249 e. The third-order valence-corrected chi connectivity index (χ3v) is 4.50. The highest BCUT2D eigenvalue weighted by Crippen LogP contribution is 2.45. The third kappa shape index (κ3) is 1.57. The molecule has 2 unspecified atom stereocenters. The van der Waals surface area contributed by atoms with Gasteiger partial charge in [-0.2, -0.15) is 0 Å². The van der Waals surface area contributed by atoms with Gasteiger partial charge in [0.25, 0.3) is 0 Å². The predicted octanol–water partition coefficient (Wildman–Crippen LogP) is 0.912. The van der Waals surface area contributed by atoms with Crippen LogP contribution in [0.1, 0.15) is 39.5 Å². The number of carbonyl (C=O) groups excluding carboxylic acids is 2. The standard InChI is InChI=1S/C13H20N2O2/c1-3-15-10(8-4-5-8)11(16)14-13(2,12(15)17)9-6-7-9/h8-10H,3-7H2,1-2H3,(H,14,16). The summed E-state index contributed by atoms with van der Waals surface area (Å²) in [7, 11) is 0. The number of amides is 2. The third-order valence-electron chi connectivity index (χ3n) is 4.50. The molecule has 1 aliphatic heterocycles.